The van der Waals surface area contributed by atoms with Crippen molar-refractivity contribution in [1.29, 1.82) is 0 Å². The molecule has 3 rings (SSSR count). The first-order chi connectivity index (χ1) is 12.1. The molecule has 0 spiro atoms. The summed E-state index contributed by atoms with van der Waals surface area (Å²) in [5.41, 5.74) is 2.18. The average Bonchev–Trinajstić information content (AvgIpc) is 3.14. The Kier molecular flexibility index (Phi) is 5.46. The Balaban J connectivity index is 1.68. The van der Waals surface area contributed by atoms with Crippen LogP contribution in [0.1, 0.15) is 22.0 Å². The fourth-order valence-electron chi connectivity index (χ4n) is 2.57. The third kappa shape index (κ3) is 4.45. The van der Waals surface area contributed by atoms with E-state index in [-0.39, 0.29) is 24.3 Å². The van der Waals surface area contributed by atoms with Gasteiger partial charge in [-0.1, -0.05) is 42.5 Å². The molecule has 0 bridgehead atoms. The first-order valence-corrected chi connectivity index (χ1v) is 8.89. The summed E-state index contributed by atoms with van der Waals surface area (Å²) in [5.74, 6) is -0.548. The number of nitrogens with one attached hydrogen (secondary N) is 2. The fourth-order valence-corrected chi connectivity index (χ4v) is 3.37. The molecule has 0 aliphatic carbocycles. The van der Waals surface area contributed by atoms with Crippen molar-refractivity contribution in [2.24, 2.45) is 0 Å². The molecular weight excluding hydrogens is 335 g/mol. The van der Waals surface area contributed by atoms with Gasteiger partial charge in [-0.2, -0.15) is 0 Å². The summed E-state index contributed by atoms with van der Waals surface area (Å²) >= 11 is 1.59. The number of hydrogen-bond acceptors (Lipinski definition) is 3. The normalized spacial score (nSPS) is 11.8. The first kappa shape index (κ1) is 17.2. The van der Waals surface area contributed by atoms with Gasteiger partial charge in [0.1, 0.15) is 5.82 Å². The summed E-state index contributed by atoms with van der Waals surface area (Å²) in [7, 11) is 0. The van der Waals surface area contributed by atoms with E-state index >= 15 is 0 Å². The molecule has 25 heavy (non-hydrogen) atoms. The second kappa shape index (κ2) is 7.94. The summed E-state index contributed by atoms with van der Waals surface area (Å²) in [4.78, 5) is 13.4. The maximum atomic E-state index is 13.9. The van der Waals surface area contributed by atoms with Crippen LogP contribution in [0.5, 0.6) is 0 Å². The van der Waals surface area contributed by atoms with E-state index < -0.39 is 0 Å². The van der Waals surface area contributed by atoms with Gasteiger partial charge in [0.15, 0.2) is 0 Å². The number of hydrogen-bond donors (Lipinski definition) is 2. The molecule has 128 valence electrons. The van der Waals surface area contributed by atoms with Crippen LogP contribution in [-0.2, 0) is 4.79 Å². The summed E-state index contributed by atoms with van der Waals surface area (Å²) in [5, 5.41) is 7.87. The van der Waals surface area contributed by atoms with E-state index in [2.05, 4.69) is 10.6 Å². The monoisotopic (exact) mass is 354 g/mol. The Hall–Kier alpha value is -2.66. The van der Waals surface area contributed by atoms with Crippen LogP contribution in [0, 0.1) is 12.7 Å². The molecular formula is C20H19FN2OS. The van der Waals surface area contributed by atoms with Gasteiger partial charge >= 0.3 is 0 Å². The van der Waals surface area contributed by atoms with E-state index in [1.807, 2.05) is 60.8 Å². The minimum absolute atomic E-state index is 0.00862. The quantitative estimate of drug-likeness (QED) is 0.684. The summed E-state index contributed by atoms with van der Waals surface area (Å²) in [6.07, 6.45) is 0. The van der Waals surface area contributed by atoms with Crippen LogP contribution in [-0.4, -0.2) is 12.5 Å². The predicted molar refractivity (Wildman–Crippen MR) is 100 cm³/mol. The topological polar surface area (TPSA) is 41.1 Å². The summed E-state index contributed by atoms with van der Waals surface area (Å²) in [6.45, 7) is 1.83. The van der Waals surface area contributed by atoms with Crippen molar-refractivity contribution < 1.29 is 9.18 Å². The molecule has 3 aromatic rings. The van der Waals surface area contributed by atoms with Crippen LogP contribution in [0.25, 0.3) is 0 Å². The molecule has 3 nitrogen and oxygen atoms in total. The Bertz CT molecular complexity index is 834. The summed E-state index contributed by atoms with van der Waals surface area (Å²) in [6, 6.07) is 18.4. The fraction of sp³-hybridized carbons (Fsp3) is 0.150. The number of amides is 1. The second-order valence-electron chi connectivity index (χ2n) is 5.76. The molecule has 0 fully saturated rings. The van der Waals surface area contributed by atoms with E-state index in [0.717, 1.165) is 16.0 Å². The lowest BCUT2D eigenvalue weighted by Crippen LogP contribution is -2.33. The minimum atomic E-state index is -0.356. The van der Waals surface area contributed by atoms with Gasteiger partial charge in [0, 0.05) is 4.88 Å². The van der Waals surface area contributed by atoms with Crippen molar-refractivity contribution in [3.8, 4) is 0 Å². The second-order valence-corrected chi connectivity index (χ2v) is 6.74. The van der Waals surface area contributed by atoms with E-state index in [4.69, 9.17) is 0 Å². The van der Waals surface area contributed by atoms with Crippen LogP contribution in [0.2, 0.25) is 0 Å². The highest BCUT2D eigenvalue weighted by Crippen LogP contribution is 2.25. The van der Waals surface area contributed by atoms with Gasteiger partial charge < -0.3 is 10.6 Å². The number of anilines is 1. The molecule has 0 saturated heterocycles. The third-order valence-corrected chi connectivity index (χ3v) is 4.77. The van der Waals surface area contributed by atoms with Crippen molar-refractivity contribution in [2.45, 2.75) is 13.0 Å². The van der Waals surface area contributed by atoms with Crippen molar-refractivity contribution in [2.75, 3.05) is 11.9 Å². The highest BCUT2D eigenvalue weighted by atomic mass is 32.1. The molecule has 5 heteroatoms. The maximum absolute atomic E-state index is 13.9. The number of halogens is 1. The average molecular weight is 354 g/mol. The molecule has 1 heterocycles. The molecule has 1 atom stereocenters. The van der Waals surface area contributed by atoms with Crippen molar-refractivity contribution >= 4 is 22.9 Å². The number of benzene rings is 2. The molecule has 0 unspecified atom stereocenters. The smallest absolute Gasteiger partial charge is 0.240 e. The van der Waals surface area contributed by atoms with E-state index in [1.165, 1.54) is 6.07 Å². The number of rotatable bonds is 6. The molecule has 0 aliphatic rings. The van der Waals surface area contributed by atoms with E-state index in [0.29, 0.717) is 5.69 Å². The molecule has 2 aromatic carbocycles. The number of carbonyl (C=O) groups is 1. The standard InChI is InChI=1S/C20H19FN2OS/c1-14-9-10-17(16(21)12-14)22-13-19(24)23-20(18-8-5-11-25-18)15-6-3-2-4-7-15/h2-12,20,22H,13H2,1H3,(H,23,24)/t20-/m1/s1. The van der Waals surface area contributed by atoms with Gasteiger partial charge in [0.25, 0.3) is 0 Å². The molecule has 0 radical (unpaired) electrons. The highest BCUT2D eigenvalue weighted by Gasteiger charge is 2.17. The van der Waals surface area contributed by atoms with Crippen molar-refractivity contribution in [1.82, 2.24) is 5.32 Å². The van der Waals surface area contributed by atoms with Crippen molar-refractivity contribution in [3.63, 3.8) is 0 Å². The Morgan fingerprint density at radius 2 is 1.92 bits per heavy atom. The SMILES string of the molecule is Cc1ccc(NCC(=O)N[C@H](c2ccccc2)c2cccs2)c(F)c1. The molecule has 1 aromatic heterocycles. The lowest BCUT2D eigenvalue weighted by molar-refractivity contribution is -0.119. The van der Waals surface area contributed by atoms with Gasteiger partial charge in [-0.05, 0) is 41.6 Å². The Morgan fingerprint density at radius 1 is 1.12 bits per heavy atom. The van der Waals surface area contributed by atoms with Crippen molar-refractivity contribution in [3.05, 3.63) is 87.9 Å². The largest absolute Gasteiger partial charge is 0.374 e. The zero-order chi connectivity index (χ0) is 17.6. The lowest BCUT2D eigenvalue weighted by atomic mass is 10.1. The first-order valence-electron chi connectivity index (χ1n) is 8.01. The number of aryl methyl sites for hydroxylation is 1. The van der Waals surface area contributed by atoms with Crippen LogP contribution >= 0.6 is 11.3 Å². The van der Waals surface area contributed by atoms with Crippen LogP contribution in [0.4, 0.5) is 10.1 Å². The Morgan fingerprint density at radius 3 is 2.60 bits per heavy atom. The van der Waals surface area contributed by atoms with Gasteiger partial charge in [-0.3, -0.25) is 4.79 Å². The van der Waals surface area contributed by atoms with Gasteiger partial charge in [0.05, 0.1) is 18.3 Å². The van der Waals surface area contributed by atoms with Gasteiger partial charge in [-0.15, -0.1) is 11.3 Å². The zero-order valence-electron chi connectivity index (χ0n) is 13.8. The molecule has 2 N–H and O–H groups in total. The van der Waals surface area contributed by atoms with Gasteiger partial charge in [0.2, 0.25) is 5.91 Å². The predicted octanol–water partition coefficient (Wildman–Crippen LogP) is 4.51. The zero-order valence-corrected chi connectivity index (χ0v) is 14.6. The van der Waals surface area contributed by atoms with Crippen LogP contribution in [0.3, 0.4) is 0 Å². The van der Waals surface area contributed by atoms with E-state index in [9.17, 15) is 9.18 Å². The molecule has 0 saturated carbocycles. The van der Waals surface area contributed by atoms with E-state index in [1.54, 1.807) is 17.4 Å². The molecule has 0 aliphatic heterocycles. The number of carbonyl (C=O) groups excluding carboxylic acids is 1. The summed E-state index contributed by atoms with van der Waals surface area (Å²) < 4.78 is 13.9. The highest BCUT2D eigenvalue weighted by molar-refractivity contribution is 7.10. The third-order valence-electron chi connectivity index (χ3n) is 3.83. The number of thiophene rings is 1. The molecule has 1 amide bonds. The maximum Gasteiger partial charge on any atom is 0.240 e. The van der Waals surface area contributed by atoms with Crippen LogP contribution < -0.4 is 10.6 Å². The Labute approximate surface area is 150 Å². The van der Waals surface area contributed by atoms with Gasteiger partial charge in [-0.25, -0.2) is 4.39 Å². The lowest BCUT2D eigenvalue weighted by Gasteiger charge is -2.18. The minimum Gasteiger partial charge on any atom is -0.374 e. The van der Waals surface area contributed by atoms with Crippen LogP contribution in [0.15, 0.2) is 66.0 Å².